The quantitative estimate of drug-likeness (QED) is 0.551. The summed E-state index contributed by atoms with van der Waals surface area (Å²) in [7, 11) is 0. The Bertz CT molecular complexity index is 1180. The molecule has 5 nitrogen and oxygen atoms in total. The van der Waals surface area contributed by atoms with Gasteiger partial charge >= 0.3 is 0 Å². The average Bonchev–Trinajstić information content (AvgIpc) is 3.08. The Labute approximate surface area is 153 Å². The number of fused-ring (bicyclic) bond motifs is 1. The summed E-state index contributed by atoms with van der Waals surface area (Å²) >= 11 is 0. The predicted octanol–water partition coefficient (Wildman–Crippen LogP) is 3.83. The van der Waals surface area contributed by atoms with Gasteiger partial charge in [-0.25, -0.2) is 13.8 Å². The monoisotopic (exact) mass is 367 g/mol. The van der Waals surface area contributed by atoms with Gasteiger partial charge in [0.1, 0.15) is 17.4 Å². The number of benzene rings is 2. The smallest absolute Gasteiger partial charge is 0.298 e. The molecule has 2 heterocycles. The van der Waals surface area contributed by atoms with Crippen LogP contribution >= 0.6 is 0 Å². The highest BCUT2D eigenvalue weighted by Crippen LogP contribution is 2.22. The number of aromatic nitrogens is 3. The van der Waals surface area contributed by atoms with Gasteiger partial charge in [0.15, 0.2) is 0 Å². The highest BCUT2D eigenvalue weighted by Gasteiger charge is 2.13. The number of nitrogens with zero attached hydrogens (tertiary/aromatic N) is 3. The van der Waals surface area contributed by atoms with Crippen LogP contribution in [0.4, 0.5) is 8.78 Å². The summed E-state index contributed by atoms with van der Waals surface area (Å²) in [5.74, 6) is -0.687. The number of halogens is 2. The molecule has 0 aliphatic carbocycles. The minimum Gasteiger partial charge on any atom is -0.494 e. The Morgan fingerprint density at radius 3 is 2.56 bits per heavy atom. The Balaban J connectivity index is 1.79. The van der Waals surface area contributed by atoms with Crippen molar-refractivity contribution in [3.63, 3.8) is 0 Å². The molecule has 0 N–H and O–H groups in total. The molecule has 27 heavy (non-hydrogen) atoms. The van der Waals surface area contributed by atoms with E-state index in [1.54, 1.807) is 36.7 Å². The highest BCUT2D eigenvalue weighted by molar-refractivity contribution is 5.63. The molecule has 4 rings (SSSR count). The summed E-state index contributed by atoms with van der Waals surface area (Å²) < 4.78 is 35.5. The van der Waals surface area contributed by atoms with Crippen molar-refractivity contribution in [3.05, 3.63) is 83.0 Å². The third-order valence-electron chi connectivity index (χ3n) is 4.15. The number of ether oxygens (including phenoxy) is 1. The molecule has 0 saturated carbocycles. The molecular weight excluding hydrogens is 352 g/mol. The van der Waals surface area contributed by atoms with E-state index in [9.17, 15) is 13.6 Å². The van der Waals surface area contributed by atoms with Gasteiger partial charge in [-0.15, -0.1) is 0 Å². The molecule has 0 amide bonds. The van der Waals surface area contributed by atoms with Gasteiger partial charge in [-0.1, -0.05) is 0 Å². The van der Waals surface area contributed by atoms with E-state index in [2.05, 4.69) is 4.98 Å². The molecule has 4 aromatic rings. The first-order valence-electron chi connectivity index (χ1n) is 8.36. The van der Waals surface area contributed by atoms with Gasteiger partial charge in [0.25, 0.3) is 5.56 Å². The molecule has 0 bridgehead atoms. The first kappa shape index (κ1) is 17.0. The number of hydrogen-bond donors (Lipinski definition) is 0. The maximum absolute atomic E-state index is 14.0. The summed E-state index contributed by atoms with van der Waals surface area (Å²) in [5.41, 5.74) is 0.838. The summed E-state index contributed by atoms with van der Waals surface area (Å²) in [5, 5.41) is 0. The van der Waals surface area contributed by atoms with Crippen molar-refractivity contribution in [3.8, 4) is 22.7 Å². The first-order valence-corrected chi connectivity index (χ1v) is 8.36. The average molecular weight is 367 g/mol. The topological polar surface area (TPSA) is 48.5 Å². The Morgan fingerprint density at radius 2 is 1.85 bits per heavy atom. The van der Waals surface area contributed by atoms with Gasteiger partial charge < -0.3 is 9.14 Å². The minimum absolute atomic E-state index is 0.132. The third-order valence-corrected chi connectivity index (χ3v) is 4.15. The van der Waals surface area contributed by atoms with Crippen LogP contribution in [0.1, 0.15) is 6.92 Å². The summed E-state index contributed by atoms with van der Waals surface area (Å²) in [4.78, 5) is 17.1. The predicted molar refractivity (Wildman–Crippen MR) is 97.3 cm³/mol. The molecule has 0 fully saturated rings. The highest BCUT2D eigenvalue weighted by atomic mass is 19.1. The van der Waals surface area contributed by atoms with Crippen LogP contribution < -0.4 is 10.3 Å². The van der Waals surface area contributed by atoms with E-state index in [4.69, 9.17) is 4.74 Å². The van der Waals surface area contributed by atoms with E-state index >= 15 is 0 Å². The fraction of sp³-hybridized carbons (Fsp3) is 0.100. The van der Waals surface area contributed by atoms with Crippen molar-refractivity contribution in [1.29, 1.82) is 0 Å². The van der Waals surface area contributed by atoms with E-state index in [-0.39, 0.29) is 22.5 Å². The van der Waals surface area contributed by atoms with E-state index < -0.39 is 11.6 Å². The number of imidazole rings is 1. The maximum Gasteiger partial charge on any atom is 0.298 e. The van der Waals surface area contributed by atoms with E-state index in [1.807, 2.05) is 6.92 Å². The van der Waals surface area contributed by atoms with Crippen LogP contribution in [-0.4, -0.2) is 20.6 Å². The van der Waals surface area contributed by atoms with Crippen LogP contribution in [0, 0.1) is 11.6 Å². The van der Waals surface area contributed by atoms with Crippen LogP contribution in [0.15, 0.2) is 65.8 Å². The molecule has 0 spiro atoms. The van der Waals surface area contributed by atoms with Crippen molar-refractivity contribution >= 4 is 5.65 Å². The van der Waals surface area contributed by atoms with E-state index in [1.165, 1.54) is 21.2 Å². The van der Waals surface area contributed by atoms with Gasteiger partial charge in [0, 0.05) is 35.9 Å². The second-order valence-corrected chi connectivity index (χ2v) is 5.88. The lowest BCUT2D eigenvalue weighted by Crippen LogP contribution is -2.19. The molecule has 2 aromatic carbocycles. The SMILES string of the molecule is CCOc1ccc(-n2ccn3cc(-c4ccc(F)cc4F)nc3c2=O)cc1. The molecular formula is C20H15F2N3O2. The number of hydrogen-bond acceptors (Lipinski definition) is 3. The zero-order chi connectivity index (χ0) is 19.0. The number of rotatable bonds is 4. The summed E-state index contributed by atoms with van der Waals surface area (Å²) in [6, 6.07) is 10.3. The summed E-state index contributed by atoms with van der Waals surface area (Å²) in [6.45, 7) is 2.45. The van der Waals surface area contributed by atoms with Crippen LogP contribution in [-0.2, 0) is 0 Å². The fourth-order valence-corrected chi connectivity index (χ4v) is 2.88. The zero-order valence-electron chi connectivity index (χ0n) is 14.4. The van der Waals surface area contributed by atoms with Gasteiger partial charge in [0.05, 0.1) is 12.3 Å². The van der Waals surface area contributed by atoms with Gasteiger partial charge in [-0.05, 0) is 43.3 Å². The minimum atomic E-state index is -0.731. The second kappa shape index (κ2) is 6.68. The van der Waals surface area contributed by atoms with Crippen LogP contribution in [0.3, 0.4) is 0 Å². The van der Waals surface area contributed by atoms with Crippen molar-refractivity contribution < 1.29 is 13.5 Å². The lowest BCUT2D eigenvalue weighted by atomic mass is 10.1. The Kier molecular flexibility index (Phi) is 4.19. The van der Waals surface area contributed by atoms with Crippen molar-refractivity contribution in [2.45, 2.75) is 6.92 Å². The van der Waals surface area contributed by atoms with Crippen LogP contribution in [0.25, 0.3) is 22.6 Å². The summed E-state index contributed by atoms with van der Waals surface area (Å²) in [6.07, 6.45) is 4.80. The van der Waals surface area contributed by atoms with E-state index in [0.717, 1.165) is 12.1 Å². The third kappa shape index (κ3) is 3.08. The largest absolute Gasteiger partial charge is 0.494 e. The van der Waals surface area contributed by atoms with Crippen molar-refractivity contribution in [2.24, 2.45) is 0 Å². The molecule has 136 valence electrons. The Morgan fingerprint density at radius 1 is 1.07 bits per heavy atom. The van der Waals surface area contributed by atoms with Crippen LogP contribution in [0.2, 0.25) is 0 Å². The fourth-order valence-electron chi connectivity index (χ4n) is 2.88. The second-order valence-electron chi connectivity index (χ2n) is 5.88. The Hall–Kier alpha value is -3.48. The van der Waals surface area contributed by atoms with Gasteiger partial charge in [-0.2, -0.15) is 0 Å². The molecule has 2 aromatic heterocycles. The van der Waals surface area contributed by atoms with Gasteiger partial charge in [0.2, 0.25) is 5.65 Å². The maximum atomic E-state index is 14.0. The first-order chi connectivity index (χ1) is 13.1. The van der Waals surface area contributed by atoms with Crippen molar-refractivity contribution in [1.82, 2.24) is 14.0 Å². The molecule has 0 saturated heterocycles. The van der Waals surface area contributed by atoms with Crippen LogP contribution in [0.5, 0.6) is 5.75 Å². The zero-order valence-corrected chi connectivity index (χ0v) is 14.4. The van der Waals surface area contributed by atoms with Gasteiger partial charge in [-0.3, -0.25) is 9.36 Å². The molecule has 0 atom stereocenters. The van der Waals surface area contributed by atoms with E-state index in [0.29, 0.717) is 18.0 Å². The molecule has 0 radical (unpaired) electrons. The normalized spacial score (nSPS) is 11.1. The standard InChI is InChI=1S/C20H15F2N3O2/c1-2-27-15-6-4-14(5-7-15)25-10-9-24-12-18(23-19(24)20(25)26)16-8-3-13(21)11-17(16)22/h3-12H,2H2,1H3. The molecule has 0 unspecified atom stereocenters. The molecule has 0 aliphatic rings. The molecule has 0 aliphatic heterocycles. The molecule has 7 heteroatoms. The van der Waals surface area contributed by atoms with Crippen molar-refractivity contribution in [2.75, 3.05) is 6.61 Å². The lowest BCUT2D eigenvalue weighted by molar-refractivity contribution is 0.340. The lowest BCUT2D eigenvalue weighted by Gasteiger charge is -2.07.